The van der Waals surface area contributed by atoms with Crippen LogP contribution in [-0.2, 0) is 27.7 Å². The summed E-state index contributed by atoms with van der Waals surface area (Å²) in [5, 5.41) is 9.34. The largest absolute Gasteiger partial charge is 0.508 e. The van der Waals surface area contributed by atoms with Gasteiger partial charge in [0.2, 0.25) is 0 Å². The first-order valence-electron chi connectivity index (χ1n) is 2.23. The van der Waals surface area contributed by atoms with E-state index in [4.69, 9.17) is 16.7 Å². The Morgan fingerprint density at radius 2 is 1.56 bits per heavy atom. The van der Waals surface area contributed by atoms with Gasteiger partial charge in [-0.2, -0.15) is 0 Å². The molecule has 1 aromatic rings. The molecular weight excluding hydrogens is 324 g/mol. The summed E-state index contributed by atoms with van der Waals surface area (Å²) < 4.78 is 0. The number of aromatic hydroxyl groups is 1. The summed E-state index contributed by atoms with van der Waals surface area (Å²) in [5.74, 6) is 0.245. The molecule has 0 unspecified atom stereocenters. The third-order valence-electron chi connectivity index (χ3n) is 0.827. The molecule has 0 radical (unpaired) electrons. The van der Waals surface area contributed by atoms with Crippen molar-refractivity contribution < 1.29 is 32.8 Å². The summed E-state index contributed by atoms with van der Waals surface area (Å²) in [4.78, 5) is 0. The van der Waals surface area contributed by atoms with E-state index >= 15 is 0 Å². The molecule has 1 N–H and O–H groups in total. The van der Waals surface area contributed by atoms with Crippen molar-refractivity contribution in [2.75, 3.05) is 0 Å². The van der Waals surface area contributed by atoms with Crippen molar-refractivity contribution in [1.82, 2.24) is 0 Å². The van der Waals surface area contributed by atoms with Gasteiger partial charge in [-0.05, 0) is 24.3 Å². The van der Waals surface area contributed by atoms with E-state index in [0.717, 1.165) is 0 Å². The van der Waals surface area contributed by atoms with Crippen molar-refractivity contribution in [3.63, 3.8) is 0 Å². The second-order valence-corrected chi connectivity index (χ2v) is 1.91. The van der Waals surface area contributed by atoms with Crippen molar-refractivity contribution in [2.24, 2.45) is 0 Å². The Labute approximate surface area is 79.2 Å². The van der Waals surface area contributed by atoms with E-state index in [0.29, 0.717) is 5.02 Å². The van der Waals surface area contributed by atoms with Crippen LogP contribution in [0.2, 0.25) is 5.02 Å². The molecule has 0 heterocycles. The van der Waals surface area contributed by atoms with E-state index < -0.39 is 0 Å². The molecule has 44 valence electrons. The molecule has 0 saturated carbocycles. The normalized spacial score (nSPS) is 8.11. The molecule has 0 amide bonds. The molecule has 0 saturated heterocycles. The van der Waals surface area contributed by atoms with Crippen molar-refractivity contribution in [2.45, 2.75) is 0 Å². The van der Waals surface area contributed by atoms with Gasteiger partial charge in [0.1, 0.15) is 5.75 Å². The number of rotatable bonds is 0. The molecule has 1 rings (SSSR count). The minimum Gasteiger partial charge on any atom is -0.508 e. The fraction of sp³-hybridized carbons (Fsp3) is 0. The fourth-order valence-corrected chi connectivity index (χ4v) is 0.567. The molecule has 0 spiro atoms. The molecule has 0 aliphatic heterocycles. The van der Waals surface area contributed by atoms with Crippen molar-refractivity contribution >= 4 is 11.6 Å². The summed E-state index contributed by atoms with van der Waals surface area (Å²) in [7, 11) is 0. The number of hydrogen-bond donors (Lipinski definition) is 1. The molecule has 0 aromatic heterocycles. The van der Waals surface area contributed by atoms with Crippen LogP contribution < -0.4 is 0 Å². The molecule has 1 nitrogen and oxygen atoms in total. The van der Waals surface area contributed by atoms with Crippen LogP contribution in [0.1, 0.15) is 0 Å². The SMILES string of the molecule is Oc1ccc(Cl)cc1.[Hg]. The van der Waals surface area contributed by atoms with E-state index in [1.807, 2.05) is 0 Å². The van der Waals surface area contributed by atoms with Crippen LogP contribution >= 0.6 is 11.6 Å². The van der Waals surface area contributed by atoms with Crippen LogP contribution in [0.4, 0.5) is 0 Å². The molecule has 3 heteroatoms. The number of hydrogen-bond acceptors (Lipinski definition) is 1. The maximum atomic E-state index is 8.70. The standard InChI is InChI=1S/C6H5ClO.Hg/c7-5-1-3-6(8)4-2-5;/h1-4,8H;. The number of phenols is 1. The van der Waals surface area contributed by atoms with E-state index in [9.17, 15) is 0 Å². The summed E-state index contributed by atoms with van der Waals surface area (Å²) in [6.07, 6.45) is 0. The Morgan fingerprint density at radius 1 is 1.11 bits per heavy atom. The topological polar surface area (TPSA) is 20.2 Å². The van der Waals surface area contributed by atoms with Crippen LogP contribution in [0.15, 0.2) is 24.3 Å². The zero-order chi connectivity index (χ0) is 5.98. The van der Waals surface area contributed by atoms with Crippen molar-refractivity contribution in [3.05, 3.63) is 29.3 Å². The Kier molecular flexibility index (Phi) is 4.24. The quantitative estimate of drug-likeness (QED) is 0.723. The van der Waals surface area contributed by atoms with Crippen molar-refractivity contribution in [1.29, 1.82) is 0 Å². The average Bonchev–Trinajstić information content (AvgIpc) is 1.77. The van der Waals surface area contributed by atoms with Gasteiger partial charge in [-0.15, -0.1) is 0 Å². The predicted molar refractivity (Wildman–Crippen MR) is 33.1 cm³/mol. The molecule has 9 heavy (non-hydrogen) atoms. The molecule has 0 bridgehead atoms. The number of halogens is 1. The maximum Gasteiger partial charge on any atom is 0.115 e. The van der Waals surface area contributed by atoms with Gasteiger partial charge >= 0.3 is 0 Å². The van der Waals surface area contributed by atoms with Crippen LogP contribution in [0.3, 0.4) is 0 Å². The maximum absolute atomic E-state index is 8.70. The molecule has 0 fully saturated rings. The average molecular weight is 329 g/mol. The van der Waals surface area contributed by atoms with Gasteiger partial charge in [0.25, 0.3) is 0 Å². The van der Waals surface area contributed by atoms with E-state index in [1.54, 1.807) is 24.3 Å². The Balaban J connectivity index is 0.000000640. The van der Waals surface area contributed by atoms with E-state index in [2.05, 4.69) is 0 Å². The Bertz CT molecular complexity index is 152. The second kappa shape index (κ2) is 4.12. The Hall–Kier alpha value is 0.245. The minimum atomic E-state index is 0. The predicted octanol–water partition coefficient (Wildman–Crippen LogP) is 2.04. The summed E-state index contributed by atoms with van der Waals surface area (Å²) >= 11 is 5.50. The smallest absolute Gasteiger partial charge is 0.115 e. The van der Waals surface area contributed by atoms with Crippen LogP contribution in [0, 0.1) is 0 Å². The third kappa shape index (κ3) is 3.06. The monoisotopic (exact) mass is 330 g/mol. The summed E-state index contributed by atoms with van der Waals surface area (Å²) in [6.45, 7) is 0. The first-order valence-corrected chi connectivity index (χ1v) is 2.61. The number of benzene rings is 1. The fourth-order valence-electron chi connectivity index (χ4n) is 0.441. The second-order valence-electron chi connectivity index (χ2n) is 1.48. The van der Waals surface area contributed by atoms with Crippen LogP contribution in [-0.4, -0.2) is 5.11 Å². The number of phenolic OH excluding ortho intramolecular Hbond substituents is 1. The van der Waals surface area contributed by atoms with Gasteiger partial charge in [0.15, 0.2) is 0 Å². The molecule has 0 aliphatic rings. The summed E-state index contributed by atoms with van der Waals surface area (Å²) in [5.41, 5.74) is 0. The van der Waals surface area contributed by atoms with Gasteiger partial charge < -0.3 is 5.11 Å². The molecular formula is C6H5ClHgO. The van der Waals surface area contributed by atoms with Gasteiger partial charge in [-0.1, -0.05) is 11.6 Å². The van der Waals surface area contributed by atoms with Crippen LogP contribution in [0.25, 0.3) is 0 Å². The molecule has 0 atom stereocenters. The zero-order valence-electron chi connectivity index (χ0n) is 4.84. The van der Waals surface area contributed by atoms with Crippen molar-refractivity contribution in [3.8, 4) is 5.75 Å². The third-order valence-corrected chi connectivity index (χ3v) is 1.08. The van der Waals surface area contributed by atoms with E-state index in [1.165, 1.54) is 0 Å². The van der Waals surface area contributed by atoms with Gasteiger partial charge in [-0.25, -0.2) is 0 Å². The van der Waals surface area contributed by atoms with Gasteiger partial charge in [0.05, 0.1) is 0 Å². The van der Waals surface area contributed by atoms with Crippen LogP contribution in [0.5, 0.6) is 5.75 Å². The summed E-state index contributed by atoms with van der Waals surface area (Å²) in [6, 6.07) is 6.36. The minimum absolute atomic E-state index is 0. The van der Waals surface area contributed by atoms with Gasteiger partial charge in [-0.3, -0.25) is 0 Å². The zero-order valence-corrected chi connectivity index (χ0v) is 11.1. The first kappa shape index (κ1) is 9.25. The van der Waals surface area contributed by atoms with Gasteiger partial charge in [0, 0.05) is 32.7 Å². The Morgan fingerprint density at radius 3 is 1.89 bits per heavy atom. The molecule has 1 aromatic carbocycles. The first-order chi connectivity index (χ1) is 3.79. The van der Waals surface area contributed by atoms with E-state index in [-0.39, 0.29) is 33.4 Å². The molecule has 0 aliphatic carbocycles.